The Kier molecular flexibility index (Phi) is 6.00. The van der Waals surface area contributed by atoms with Gasteiger partial charge in [-0.05, 0) is 33.5 Å². The predicted molar refractivity (Wildman–Crippen MR) is 88.4 cm³/mol. The summed E-state index contributed by atoms with van der Waals surface area (Å²) in [5, 5.41) is -0.232. The van der Waals surface area contributed by atoms with Gasteiger partial charge in [-0.15, -0.1) is 0 Å². The molecule has 0 aliphatic rings. The summed E-state index contributed by atoms with van der Waals surface area (Å²) in [6.45, 7) is 2.06. The van der Waals surface area contributed by atoms with E-state index in [1.807, 2.05) is 60.7 Å². The topological polar surface area (TPSA) is 26.3 Å². The molecule has 0 bridgehead atoms. The molecule has 2 aromatic rings. The lowest BCUT2D eigenvalue weighted by Crippen LogP contribution is -2.20. The van der Waals surface area contributed by atoms with E-state index in [0.717, 1.165) is 24.0 Å². The summed E-state index contributed by atoms with van der Waals surface area (Å²) in [7, 11) is 0. The quantitative estimate of drug-likeness (QED) is 0.550. The third kappa shape index (κ3) is 4.43. The van der Waals surface area contributed by atoms with Crippen LogP contribution in [-0.2, 0) is 9.53 Å². The second-order valence-corrected chi connectivity index (χ2v) is 5.91. The lowest BCUT2D eigenvalue weighted by atomic mass is 9.91. The molecule has 0 fully saturated rings. The van der Waals surface area contributed by atoms with Crippen molar-refractivity contribution in [3.05, 3.63) is 71.8 Å². The van der Waals surface area contributed by atoms with Crippen LogP contribution in [0.4, 0.5) is 0 Å². The fraction of sp³-hybridized carbons (Fsp3) is 0.278. The predicted octanol–water partition coefficient (Wildman–Crippen LogP) is 4.88. The average molecular weight is 347 g/mol. The molecular weight excluding hydrogens is 328 g/mol. The van der Waals surface area contributed by atoms with Gasteiger partial charge in [-0.1, -0.05) is 74.0 Å². The molecule has 0 saturated carbocycles. The van der Waals surface area contributed by atoms with Crippen molar-refractivity contribution in [1.82, 2.24) is 0 Å². The number of hydrogen-bond acceptors (Lipinski definition) is 2. The Labute approximate surface area is 134 Å². The van der Waals surface area contributed by atoms with Gasteiger partial charge in [-0.3, -0.25) is 4.79 Å². The van der Waals surface area contributed by atoms with Crippen molar-refractivity contribution in [3.63, 3.8) is 0 Å². The van der Waals surface area contributed by atoms with E-state index in [2.05, 4.69) is 22.9 Å². The highest BCUT2D eigenvalue weighted by molar-refractivity contribution is 9.09. The highest BCUT2D eigenvalue weighted by atomic mass is 79.9. The molecule has 1 atom stereocenters. The Morgan fingerprint density at radius 2 is 1.48 bits per heavy atom. The van der Waals surface area contributed by atoms with Crippen molar-refractivity contribution in [1.29, 1.82) is 0 Å². The van der Waals surface area contributed by atoms with Gasteiger partial charge in [0.25, 0.3) is 0 Å². The highest BCUT2D eigenvalue weighted by Crippen LogP contribution is 2.27. The zero-order valence-electron chi connectivity index (χ0n) is 12.0. The zero-order valence-corrected chi connectivity index (χ0v) is 13.6. The van der Waals surface area contributed by atoms with Crippen molar-refractivity contribution in [2.24, 2.45) is 0 Å². The van der Waals surface area contributed by atoms with Crippen LogP contribution in [0.5, 0.6) is 0 Å². The molecule has 1 unspecified atom stereocenters. The van der Waals surface area contributed by atoms with Crippen LogP contribution >= 0.6 is 15.9 Å². The molecule has 110 valence electrons. The molecule has 0 N–H and O–H groups in total. The molecule has 2 nitrogen and oxygen atoms in total. The van der Waals surface area contributed by atoms with Gasteiger partial charge in [0.15, 0.2) is 5.01 Å². The van der Waals surface area contributed by atoms with E-state index in [1.165, 1.54) is 0 Å². The smallest absolute Gasteiger partial charge is 0.319 e. The fourth-order valence-electron chi connectivity index (χ4n) is 2.24. The van der Waals surface area contributed by atoms with Crippen molar-refractivity contribution < 1.29 is 9.53 Å². The van der Waals surface area contributed by atoms with Gasteiger partial charge in [0.05, 0.1) is 0 Å². The van der Waals surface area contributed by atoms with Crippen LogP contribution in [0.2, 0.25) is 0 Å². The Balaban J connectivity index is 2.27. The van der Waals surface area contributed by atoms with Gasteiger partial charge >= 0.3 is 5.97 Å². The first-order chi connectivity index (χ1) is 10.2. The minimum atomic E-state index is -0.385. The second kappa shape index (κ2) is 7.99. The minimum absolute atomic E-state index is 0.220. The number of esters is 1. The number of benzene rings is 2. The van der Waals surface area contributed by atoms with Gasteiger partial charge in [0.1, 0.15) is 5.92 Å². The number of halogens is 1. The zero-order chi connectivity index (χ0) is 15.1. The van der Waals surface area contributed by atoms with E-state index in [-0.39, 0.29) is 16.9 Å². The molecule has 0 amide bonds. The Morgan fingerprint density at radius 3 is 1.90 bits per heavy atom. The van der Waals surface area contributed by atoms with Crippen LogP contribution in [0.15, 0.2) is 60.7 Å². The molecule has 0 spiro atoms. The molecular formula is C18H19BrO2. The molecule has 21 heavy (non-hydrogen) atoms. The summed E-state index contributed by atoms with van der Waals surface area (Å²) in [6, 6.07) is 19.5. The van der Waals surface area contributed by atoms with Crippen molar-refractivity contribution in [2.45, 2.75) is 30.7 Å². The number of rotatable bonds is 6. The SMILES string of the molecule is CCCC(Br)OC(=O)C(c1ccccc1)c1ccccc1. The average Bonchev–Trinajstić information content (AvgIpc) is 2.50. The summed E-state index contributed by atoms with van der Waals surface area (Å²) in [5.41, 5.74) is 1.90. The number of alkyl halides is 1. The first kappa shape index (κ1) is 15.8. The van der Waals surface area contributed by atoms with Crippen LogP contribution in [0, 0.1) is 0 Å². The first-order valence-electron chi connectivity index (χ1n) is 7.16. The third-order valence-electron chi connectivity index (χ3n) is 3.26. The molecule has 2 aromatic carbocycles. The summed E-state index contributed by atoms with van der Waals surface area (Å²) >= 11 is 3.41. The number of ether oxygens (including phenoxy) is 1. The molecule has 0 aliphatic heterocycles. The van der Waals surface area contributed by atoms with Crippen LogP contribution in [0.25, 0.3) is 0 Å². The standard InChI is InChI=1S/C18H19BrO2/c1-2-9-16(19)21-18(20)17(14-10-5-3-6-11-14)15-12-7-4-8-13-15/h3-8,10-13,16-17H,2,9H2,1H3. The van der Waals surface area contributed by atoms with Crippen molar-refractivity contribution in [2.75, 3.05) is 0 Å². The van der Waals surface area contributed by atoms with Crippen molar-refractivity contribution >= 4 is 21.9 Å². The van der Waals surface area contributed by atoms with E-state index >= 15 is 0 Å². The van der Waals surface area contributed by atoms with Crippen molar-refractivity contribution in [3.8, 4) is 0 Å². The molecule has 0 aliphatic carbocycles. The van der Waals surface area contributed by atoms with E-state index in [1.54, 1.807) is 0 Å². The molecule has 0 saturated heterocycles. The molecule has 2 rings (SSSR count). The fourth-order valence-corrected chi connectivity index (χ4v) is 2.88. The molecule has 3 heteroatoms. The normalized spacial score (nSPS) is 12.1. The van der Waals surface area contributed by atoms with Gasteiger partial charge < -0.3 is 4.74 Å². The molecule has 0 aromatic heterocycles. The van der Waals surface area contributed by atoms with Crippen LogP contribution in [0.3, 0.4) is 0 Å². The van der Waals surface area contributed by atoms with Gasteiger partial charge in [0, 0.05) is 0 Å². The maximum absolute atomic E-state index is 12.6. The summed E-state index contributed by atoms with van der Waals surface area (Å²) in [4.78, 5) is 12.6. The van der Waals surface area contributed by atoms with E-state index in [0.29, 0.717) is 0 Å². The monoisotopic (exact) mass is 346 g/mol. The van der Waals surface area contributed by atoms with Crippen LogP contribution < -0.4 is 0 Å². The summed E-state index contributed by atoms with van der Waals surface area (Å²) in [6.07, 6.45) is 1.77. The number of carbonyl (C=O) groups excluding carboxylic acids is 1. The summed E-state index contributed by atoms with van der Waals surface area (Å²) < 4.78 is 5.54. The molecule has 0 radical (unpaired) electrons. The first-order valence-corrected chi connectivity index (χ1v) is 8.08. The maximum atomic E-state index is 12.6. The Bertz CT molecular complexity index is 514. The second-order valence-electron chi connectivity index (χ2n) is 4.89. The largest absolute Gasteiger partial charge is 0.450 e. The van der Waals surface area contributed by atoms with Crippen LogP contribution in [-0.4, -0.2) is 11.0 Å². The van der Waals surface area contributed by atoms with Gasteiger partial charge in [-0.25, -0.2) is 0 Å². The maximum Gasteiger partial charge on any atom is 0.319 e. The van der Waals surface area contributed by atoms with Crippen LogP contribution in [0.1, 0.15) is 36.8 Å². The lowest BCUT2D eigenvalue weighted by molar-refractivity contribution is -0.145. The Morgan fingerprint density at radius 1 is 1.00 bits per heavy atom. The minimum Gasteiger partial charge on any atom is -0.450 e. The third-order valence-corrected chi connectivity index (χ3v) is 3.91. The van der Waals surface area contributed by atoms with Gasteiger partial charge in [-0.2, -0.15) is 0 Å². The van der Waals surface area contributed by atoms with E-state index in [4.69, 9.17) is 4.74 Å². The lowest BCUT2D eigenvalue weighted by Gasteiger charge is -2.19. The summed E-state index contributed by atoms with van der Waals surface area (Å²) in [5.74, 6) is -0.605. The highest BCUT2D eigenvalue weighted by Gasteiger charge is 2.25. The Hall–Kier alpha value is -1.61. The number of hydrogen-bond donors (Lipinski definition) is 0. The van der Waals surface area contributed by atoms with E-state index < -0.39 is 0 Å². The molecule has 0 heterocycles. The van der Waals surface area contributed by atoms with Gasteiger partial charge in [0.2, 0.25) is 0 Å². The van der Waals surface area contributed by atoms with E-state index in [9.17, 15) is 4.79 Å². The number of carbonyl (C=O) groups is 1.